The van der Waals surface area contributed by atoms with Crippen molar-refractivity contribution in [2.24, 2.45) is 0 Å². The average molecular weight is 670 g/mol. The Morgan fingerprint density at radius 3 is 2.25 bits per heavy atom. The summed E-state index contributed by atoms with van der Waals surface area (Å²) in [6.45, 7) is -0.357. The number of thioether (sulfide) groups is 1. The molecule has 0 aliphatic carbocycles. The predicted octanol–water partition coefficient (Wildman–Crippen LogP) is 6.65. The lowest BCUT2D eigenvalue weighted by Crippen LogP contribution is -2.09. The quantitative estimate of drug-likeness (QED) is 0.123. The van der Waals surface area contributed by atoms with Gasteiger partial charge in [0.15, 0.2) is 11.8 Å². The Kier molecular flexibility index (Phi) is 7.95. The molecule has 1 N–H and O–H groups in total. The lowest BCUT2D eigenvalue weighted by atomic mass is 10.2. The van der Waals surface area contributed by atoms with Crippen molar-refractivity contribution in [1.82, 2.24) is 9.55 Å². The van der Waals surface area contributed by atoms with E-state index in [1.165, 1.54) is 16.7 Å². The van der Waals surface area contributed by atoms with Crippen molar-refractivity contribution in [3.8, 4) is 11.4 Å². The number of nitrogens with zero attached hydrogens (tertiary/aromatic N) is 2. The van der Waals surface area contributed by atoms with Gasteiger partial charge in [-0.3, -0.25) is 4.57 Å². The number of aromatic nitrogens is 2. The fraction of sp³-hybridized carbons (Fsp3) is 0.167. The van der Waals surface area contributed by atoms with Gasteiger partial charge in [0, 0.05) is 20.3 Å². The van der Waals surface area contributed by atoms with Gasteiger partial charge in [-0.05, 0) is 53.1 Å². The third kappa shape index (κ3) is 5.57. The first-order valence-corrected chi connectivity index (χ1v) is 13.9. The summed E-state index contributed by atoms with van der Waals surface area (Å²) < 4.78 is 9.38. The van der Waals surface area contributed by atoms with Crippen molar-refractivity contribution < 1.29 is 14.6 Å². The summed E-state index contributed by atoms with van der Waals surface area (Å²) in [5, 5.41) is 9.74. The Bertz CT molecular complexity index is 1220. The Hall–Kier alpha value is -1.79. The predicted molar refractivity (Wildman–Crippen MR) is 146 cm³/mol. The minimum Gasteiger partial charge on any atom is -0.482 e. The highest BCUT2D eigenvalue weighted by molar-refractivity contribution is 14.1. The summed E-state index contributed by atoms with van der Waals surface area (Å²) in [7, 11) is 0. The van der Waals surface area contributed by atoms with Crippen LogP contribution < -0.4 is 4.74 Å². The third-order valence-electron chi connectivity index (χ3n) is 4.84. The number of halogens is 2. The molecule has 0 radical (unpaired) electrons. The number of carboxylic acids is 1. The highest BCUT2D eigenvalue weighted by Crippen LogP contribution is 2.31. The van der Waals surface area contributed by atoms with Crippen LogP contribution in [-0.4, -0.2) is 27.2 Å². The number of alkyl halides is 2. The monoisotopic (exact) mass is 670 g/mol. The molecular formula is C24H20I2N2O3S. The highest BCUT2D eigenvalue weighted by Gasteiger charge is 2.14. The Morgan fingerprint density at radius 2 is 1.59 bits per heavy atom. The number of carbonyl (C=O) groups is 1. The molecule has 8 heteroatoms. The molecule has 32 heavy (non-hydrogen) atoms. The number of carboxylic acid groups (broad SMARTS) is 1. The first kappa shape index (κ1) is 23.4. The molecule has 0 aliphatic rings. The van der Waals surface area contributed by atoms with E-state index in [1.54, 1.807) is 23.9 Å². The molecule has 4 aromatic rings. The maximum Gasteiger partial charge on any atom is 0.341 e. The van der Waals surface area contributed by atoms with Gasteiger partial charge in [0.25, 0.3) is 0 Å². The summed E-state index contributed by atoms with van der Waals surface area (Å²) >= 11 is 6.45. The number of hydrogen-bond acceptors (Lipinski definition) is 4. The number of rotatable bonds is 9. The zero-order valence-corrected chi connectivity index (χ0v) is 22.1. The van der Waals surface area contributed by atoms with Crippen molar-refractivity contribution in [3.63, 3.8) is 0 Å². The van der Waals surface area contributed by atoms with Gasteiger partial charge >= 0.3 is 5.97 Å². The number of aliphatic carboxylic acids is 1. The maximum atomic E-state index is 10.8. The van der Waals surface area contributed by atoms with Crippen LogP contribution in [0.5, 0.6) is 5.75 Å². The first-order chi connectivity index (χ1) is 15.6. The van der Waals surface area contributed by atoms with Crippen LogP contribution in [0.2, 0.25) is 0 Å². The summed E-state index contributed by atoms with van der Waals surface area (Å²) in [6.07, 6.45) is 0. The van der Waals surface area contributed by atoms with Crippen LogP contribution in [0.25, 0.3) is 16.7 Å². The standard InChI is InChI=1S/C24H20I2N2O3S/c25-12-16-1-3-17(4-2-16)15-32-24-27-21-10-5-18(13-26)11-22(21)28(24)19-6-8-20(9-7-19)31-14-23(29)30/h1-11H,12-15H2,(H,29,30). The molecule has 5 nitrogen and oxygen atoms in total. The highest BCUT2D eigenvalue weighted by atomic mass is 127. The summed E-state index contributed by atoms with van der Waals surface area (Å²) in [4.78, 5) is 15.7. The van der Waals surface area contributed by atoms with Crippen molar-refractivity contribution in [2.45, 2.75) is 19.8 Å². The van der Waals surface area contributed by atoms with E-state index >= 15 is 0 Å². The number of hydrogen-bond donors (Lipinski definition) is 1. The molecule has 0 amide bonds. The fourth-order valence-corrected chi connectivity index (χ4v) is 5.20. The van der Waals surface area contributed by atoms with Crippen molar-refractivity contribution in [2.75, 3.05) is 6.61 Å². The molecular weight excluding hydrogens is 650 g/mol. The zero-order valence-electron chi connectivity index (χ0n) is 17.0. The summed E-state index contributed by atoms with van der Waals surface area (Å²) in [5.74, 6) is 0.355. The zero-order chi connectivity index (χ0) is 22.5. The van der Waals surface area contributed by atoms with Crippen LogP contribution in [0, 0.1) is 0 Å². The molecule has 0 bridgehead atoms. The molecule has 0 aliphatic heterocycles. The van der Waals surface area contributed by atoms with E-state index in [-0.39, 0.29) is 6.61 Å². The average Bonchev–Trinajstić information content (AvgIpc) is 3.19. The van der Waals surface area contributed by atoms with E-state index < -0.39 is 5.97 Å². The molecule has 0 atom stereocenters. The van der Waals surface area contributed by atoms with E-state index in [1.807, 2.05) is 12.1 Å². The van der Waals surface area contributed by atoms with E-state index in [9.17, 15) is 4.79 Å². The van der Waals surface area contributed by atoms with Crippen LogP contribution in [0.15, 0.2) is 71.9 Å². The second kappa shape index (κ2) is 10.9. The van der Waals surface area contributed by atoms with Crippen LogP contribution in [0.1, 0.15) is 16.7 Å². The Morgan fingerprint density at radius 1 is 0.938 bits per heavy atom. The third-order valence-corrected chi connectivity index (χ3v) is 7.62. The van der Waals surface area contributed by atoms with Crippen LogP contribution >= 0.6 is 56.9 Å². The smallest absolute Gasteiger partial charge is 0.341 e. The molecule has 0 unspecified atom stereocenters. The largest absolute Gasteiger partial charge is 0.482 e. The first-order valence-electron chi connectivity index (χ1n) is 9.86. The van der Waals surface area contributed by atoms with Crippen LogP contribution in [0.3, 0.4) is 0 Å². The number of ether oxygens (including phenoxy) is 1. The minimum atomic E-state index is -0.994. The molecule has 0 fully saturated rings. The molecule has 0 spiro atoms. The molecule has 1 aromatic heterocycles. The van der Waals surface area contributed by atoms with Crippen LogP contribution in [-0.2, 0) is 19.4 Å². The lowest BCUT2D eigenvalue weighted by Gasteiger charge is -2.11. The van der Waals surface area contributed by atoms with Gasteiger partial charge in [-0.25, -0.2) is 9.78 Å². The van der Waals surface area contributed by atoms with E-state index in [2.05, 4.69) is 92.2 Å². The molecule has 3 aromatic carbocycles. The van der Waals surface area contributed by atoms with Gasteiger partial charge in [-0.1, -0.05) is 87.3 Å². The summed E-state index contributed by atoms with van der Waals surface area (Å²) in [6, 6.07) is 22.5. The lowest BCUT2D eigenvalue weighted by molar-refractivity contribution is -0.139. The molecule has 4 rings (SSSR count). The van der Waals surface area contributed by atoms with E-state index in [0.717, 1.165) is 36.5 Å². The van der Waals surface area contributed by atoms with Gasteiger partial charge in [0.05, 0.1) is 11.0 Å². The van der Waals surface area contributed by atoms with Gasteiger partial charge < -0.3 is 9.84 Å². The number of fused-ring (bicyclic) bond motifs is 1. The SMILES string of the molecule is O=C(O)COc1ccc(-n2c(SCc3ccc(CI)cc3)nc3ccc(CI)cc32)cc1. The van der Waals surface area contributed by atoms with Gasteiger partial charge in [0.2, 0.25) is 0 Å². The number of imidazole rings is 1. The Labute approximate surface area is 217 Å². The normalized spacial score (nSPS) is 11.1. The van der Waals surface area contributed by atoms with E-state index in [0.29, 0.717) is 5.75 Å². The molecule has 164 valence electrons. The minimum absolute atomic E-state index is 0.357. The maximum absolute atomic E-state index is 10.8. The second-order valence-corrected chi connectivity index (χ2v) is 9.57. The van der Waals surface area contributed by atoms with Crippen molar-refractivity contribution >= 4 is 73.9 Å². The van der Waals surface area contributed by atoms with Crippen LogP contribution in [0.4, 0.5) is 0 Å². The van der Waals surface area contributed by atoms with Gasteiger partial charge in [0.1, 0.15) is 5.75 Å². The topological polar surface area (TPSA) is 64.3 Å². The van der Waals surface area contributed by atoms with E-state index in [4.69, 9.17) is 14.8 Å². The molecule has 0 saturated heterocycles. The molecule has 1 heterocycles. The van der Waals surface area contributed by atoms with Crippen molar-refractivity contribution in [3.05, 3.63) is 83.4 Å². The molecule has 0 saturated carbocycles. The Balaban J connectivity index is 1.67. The summed E-state index contributed by atoms with van der Waals surface area (Å²) in [5.41, 5.74) is 6.79. The second-order valence-electron chi connectivity index (χ2n) is 7.10. The van der Waals surface area contributed by atoms with Crippen molar-refractivity contribution in [1.29, 1.82) is 0 Å². The number of benzene rings is 3. The van der Waals surface area contributed by atoms with Gasteiger partial charge in [-0.2, -0.15) is 0 Å². The van der Waals surface area contributed by atoms with Gasteiger partial charge in [-0.15, -0.1) is 0 Å². The fourth-order valence-electron chi connectivity index (χ4n) is 3.24.